The predicted molar refractivity (Wildman–Crippen MR) is 123 cm³/mol. The highest BCUT2D eigenvalue weighted by molar-refractivity contribution is 7.93. The van der Waals surface area contributed by atoms with Crippen LogP contribution in [-0.2, 0) is 20.0 Å². The molecule has 12 heteroatoms. The summed E-state index contributed by atoms with van der Waals surface area (Å²) in [5, 5.41) is 0.682. The fourth-order valence-corrected chi connectivity index (χ4v) is 5.53. The van der Waals surface area contributed by atoms with E-state index in [9.17, 15) is 16.8 Å². The average Bonchev–Trinajstić information content (AvgIpc) is 2.67. The Labute approximate surface area is 195 Å². The number of benzene rings is 3. The Bertz CT molecular complexity index is 1310. The van der Waals surface area contributed by atoms with Crippen LogP contribution in [0, 0.1) is 0 Å². The van der Waals surface area contributed by atoms with Crippen LogP contribution in [0.2, 0.25) is 15.1 Å². The minimum absolute atomic E-state index is 0.0745. The van der Waals surface area contributed by atoms with Crippen LogP contribution in [0.3, 0.4) is 0 Å². The summed E-state index contributed by atoms with van der Waals surface area (Å²) < 4.78 is 60.0. The van der Waals surface area contributed by atoms with Gasteiger partial charge in [-0.2, -0.15) is 0 Å². The second kappa shape index (κ2) is 9.13. The Morgan fingerprint density at radius 3 is 1.74 bits per heavy atom. The molecule has 0 amide bonds. The quantitative estimate of drug-likeness (QED) is 0.442. The van der Waals surface area contributed by atoms with Crippen LogP contribution < -0.4 is 14.2 Å². The van der Waals surface area contributed by atoms with Gasteiger partial charge < -0.3 is 4.74 Å². The molecule has 3 aromatic carbocycles. The lowest BCUT2D eigenvalue weighted by molar-refractivity contribution is 0.414. The van der Waals surface area contributed by atoms with E-state index in [4.69, 9.17) is 39.5 Å². The van der Waals surface area contributed by atoms with E-state index < -0.39 is 20.0 Å². The summed E-state index contributed by atoms with van der Waals surface area (Å²) in [7, 11) is -6.48. The first-order valence-electron chi connectivity index (χ1n) is 8.45. The zero-order valence-electron chi connectivity index (χ0n) is 15.8. The molecule has 3 rings (SSSR count). The molecule has 0 aliphatic heterocycles. The molecule has 0 aliphatic rings. The molecule has 2 N–H and O–H groups in total. The number of nitrogens with one attached hydrogen (secondary N) is 2. The molecule has 0 atom stereocenters. The van der Waals surface area contributed by atoms with Gasteiger partial charge in [-0.25, -0.2) is 16.8 Å². The van der Waals surface area contributed by atoms with Crippen LogP contribution in [0.25, 0.3) is 0 Å². The molecule has 31 heavy (non-hydrogen) atoms. The lowest BCUT2D eigenvalue weighted by Gasteiger charge is -2.12. The summed E-state index contributed by atoms with van der Waals surface area (Å²) in [5.74, 6) is 0.337. The Morgan fingerprint density at radius 2 is 1.19 bits per heavy atom. The molecule has 0 aromatic heterocycles. The van der Waals surface area contributed by atoms with Crippen molar-refractivity contribution in [2.24, 2.45) is 0 Å². The summed E-state index contributed by atoms with van der Waals surface area (Å²) in [6.07, 6.45) is 0. The van der Waals surface area contributed by atoms with E-state index in [1.165, 1.54) is 67.8 Å². The SMILES string of the molecule is COc1ccc(S(=O)(=O)Nc2ccc(S(=O)(=O)Nc3cc(Cl)cc(Cl)c3)cc2)cc1Cl. The van der Waals surface area contributed by atoms with Gasteiger partial charge in [0.05, 0.1) is 27.6 Å². The molecule has 0 aliphatic carbocycles. The molecule has 0 saturated carbocycles. The van der Waals surface area contributed by atoms with E-state index >= 15 is 0 Å². The van der Waals surface area contributed by atoms with Crippen LogP contribution in [0.1, 0.15) is 0 Å². The third-order valence-corrected chi connectivity index (χ3v) is 7.47. The van der Waals surface area contributed by atoms with Gasteiger partial charge in [0, 0.05) is 15.7 Å². The second-order valence-electron chi connectivity index (χ2n) is 6.19. The Morgan fingerprint density at radius 1 is 0.677 bits per heavy atom. The van der Waals surface area contributed by atoms with E-state index in [1.807, 2.05) is 0 Å². The minimum atomic E-state index is -3.95. The molecule has 0 spiro atoms. The minimum Gasteiger partial charge on any atom is -0.495 e. The Hall–Kier alpha value is -2.17. The zero-order valence-corrected chi connectivity index (χ0v) is 19.7. The zero-order chi connectivity index (χ0) is 22.8. The van der Waals surface area contributed by atoms with Crippen molar-refractivity contribution in [3.8, 4) is 5.75 Å². The van der Waals surface area contributed by atoms with E-state index in [0.717, 1.165) is 0 Å². The van der Waals surface area contributed by atoms with Gasteiger partial charge in [0.1, 0.15) is 5.75 Å². The first-order valence-corrected chi connectivity index (χ1v) is 12.6. The van der Waals surface area contributed by atoms with Crippen molar-refractivity contribution in [1.29, 1.82) is 0 Å². The highest BCUT2D eigenvalue weighted by Gasteiger charge is 2.18. The fourth-order valence-electron chi connectivity index (χ4n) is 2.56. The molecule has 7 nitrogen and oxygen atoms in total. The molecule has 0 fully saturated rings. The van der Waals surface area contributed by atoms with Crippen molar-refractivity contribution >= 4 is 66.2 Å². The van der Waals surface area contributed by atoms with Crippen molar-refractivity contribution in [2.75, 3.05) is 16.6 Å². The number of hydrogen-bond donors (Lipinski definition) is 2. The number of rotatable bonds is 7. The number of halogens is 3. The molecular weight excluding hydrogens is 507 g/mol. The molecule has 0 bridgehead atoms. The van der Waals surface area contributed by atoms with Crippen LogP contribution >= 0.6 is 34.8 Å². The van der Waals surface area contributed by atoms with Gasteiger partial charge in [-0.3, -0.25) is 9.44 Å². The summed E-state index contributed by atoms with van der Waals surface area (Å²) in [6, 6.07) is 13.5. The maximum absolute atomic E-state index is 12.6. The summed E-state index contributed by atoms with van der Waals surface area (Å²) in [6.45, 7) is 0. The summed E-state index contributed by atoms with van der Waals surface area (Å²) in [4.78, 5) is -0.159. The first-order chi connectivity index (χ1) is 14.5. The van der Waals surface area contributed by atoms with Gasteiger partial charge in [-0.1, -0.05) is 34.8 Å². The highest BCUT2D eigenvalue weighted by atomic mass is 35.5. The number of methoxy groups -OCH3 is 1. The normalized spacial score (nSPS) is 11.7. The third-order valence-electron chi connectivity index (χ3n) is 3.97. The third kappa shape index (κ3) is 5.75. The first kappa shape index (κ1) is 23.5. The van der Waals surface area contributed by atoms with Crippen molar-refractivity contribution in [3.05, 3.63) is 75.7 Å². The number of sulfonamides is 2. The smallest absolute Gasteiger partial charge is 0.261 e. The van der Waals surface area contributed by atoms with Crippen molar-refractivity contribution < 1.29 is 21.6 Å². The molecule has 0 unspecified atom stereocenters. The standard InChI is InChI=1S/C19H15Cl3N2O5S2/c1-29-19-7-6-17(11-18(19)22)31(27,28)23-14-2-4-16(5-3-14)30(25,26)24-15-9-12(20)8-13(21)10-15/h2-11,23-24H,1H3. The Balaban J connectivity index is 1.80. The molecule has 164 valence electrons. The average molecular weight is 522 g/mol. The Kier molecular flexibility index (Phi) is 6.92. The molecular formula is C19H15Cl3N2O5S2. The summed E-state index contributed by atoms with van der Waals surface area (Å²) >= 11 is 17.8. The van der Waals surface area contributed by atoms with Gasteiger partial charge >= 0.3 is 0 Å². The van der Waals surface area contributed by atoms with E-state index in [0.29, 0.717) is 5.75 Å². The maximum Gasteiger partial charge on any atom is 0.261 e. The van der Waals surface area contributed by atoms with Gasteiger partial charge in [0.2, 0.25) is 0 Å². The second-order valence-corrected chi connectivity index (χ2v) is 10.8. The van der Waals surface area contributed by atoms with Gasteiger partial charge in [-0.05, 0) is 60.7 Å². The monoisotopic (exact) mass is 520 g/mol. The van der Waals surface area contributed by atoms with Crippen molar-refractivity contribution in [1.82, 2.24) is 0 Å². The van der Waals surface area contributed by atoms with Gasteiger partial charge in [-0.15, -0.1) is 0 Å². The van der Waals surface area contributed by atoms with E-state index in [2.05, 4.69) is 9.44 Å². The summed E-state index contributed by atoms with van der Waals surface area (Å²) in [5.41, 5.74) is 0.357. The highest BCUT2D eigenvalue weighted by Crippen LogP contribution is 2.28. The van der Waals surface area contributed by atoms with Crippen molar-refractivity contribution in [2.45, 2.75) is 9.79 Å². The van der Waals surface area contributed by atoms with Crippen molar-refractivity contribution in [3.63, 3.8) is 0 Å². The number of anilines is 2. The lowest BCUT2D eigenvalue weighted by Crippen LogP contribution is -2.14. The molecule has 0 radical (unpaired) electrons. The predicted octanol–water partition coefficient (Wildman–Crippen LogP) is 5.26. The molecule has 3 aromatic rings. The molecule has 0 heterocycles. The fraction of sp³-hybridized carbons (Fsp3) is 0.0526. The number of hydrogen-bond acceptors (Lipinski definition) is 5. The van der Waals surface area contributed by atoms with Crippen LogP contribution in [0.4, 0.5) is 11.4 Å². The maximum atomic E-state index is 12.6. The van der Waals surface area contributed by atoms with Crippen LogP contribution in [-0.4, -0.2) is 23.9 Å². The lowest BCUT2D eigenvalue weighted by atomic mass is 10.3. The largest absolute Gasteiger partial charge is 0.495 e. The van der Waals surface area contributed by atoms with E-state index in [-0.39, 0.29) is 36.2 Å². The van der Waals surface area contributed by atoms with Crippen LogP contribution in [0.15, 0.2) is 70.5 Å². The van der Waals surface area contributed by atoms with E-state index in [1.54, 1.807) is 0 Å². The van der Waals surface area contributed by atoms with Crippen LogP contribution in [0.5, 0.6) is 5.75 Å². The molecule has 0 saturated heterocycles. The number of ether oxygens (including phenoxy) is 1. The van der Waals surface area contributed by atoms with Gasteiger partial charge in [0.15, 0.2) is 0 Å². The van der Waals surface area contributed by atoms with Gasteiger partial charge in [0.25, 0.3) is 20.0 Å². The topological polar surface area (TPSA) is 102 Å².